The van der Waals surface area contributed by atoms with Crippen LogP contribution in [0, 0.1) is 11.8 Å². The molecule has 16 heavy (non-hydrogen) atoms. The third kappa shape index (κ3) is 5.50. The van der Waals surface area contributed by atoms with Crippen molar-refractivity contribution in [2.24, 2.45) is 11.8 Å². The molecule has 1 saturated carbocycles. The van der Waals surface area contributed by atoms with Gasteiger partial charge in [-0.15, -0.1) is 6.58 Å². The van der Waals surface area contributed by atoms with Crippen molar-refractivity contribution < 1.29 is 4.74 Å². The van der Waals surface area contributed by atoms with Gasteiger partial charge in [0.2, 0.25) is 0 Å². The molecule has 0 bridgehead atoms. The minimum atomic E-state index is 0.760. The van der Waals surface area contributed by atoms with Crippen LogP contribution in [-0.2, 0) is 4.74 Å². The van der Waals surface area contributed by atoms with Crippen molar-refractivity contribution in [3.63, 3.8) is 0 Å². The highest BCUT2D eigenvalue weighted by Crippen LogP contribution is 2.32. The Labute approximate surface area is 101 Å². The minimum absolute atomic E-state index is 0.760. The number of unbranched alkanes of at least 4 members (excludes halogenated alkanes) is 1. The van der Waals surface area contributed by atoms with Crippen LogP contribution < -0.4 is 0 Å². The van der Waals surface area contributed by atoms with Crippen LogP contribution in [0.25, 0.3) is 0 Å². The van der Waals surface area contributed by atoms with Gasteiger partial charge in [-0.25, -0.2) is 0 Å². The molecule has 92 valence electrons. The zero-order chi connectivity index (χ0) is 11.6. The van der Waals surface area contributed by atoms with Crippen LogP contribution >= 0.6 is 0 Å². The molecule has 0 saturated heterocycles. The van der Waals surface area contributed by atoms with E-state index in [4.69, 9.17) is 4.74 Å². The van der Waals surface area contributed by atoms with Crippen molar-refractivity contribution in [2.45, 2.75) is 45.4 Å². The Balaban J connectivity index is 1.98. The molecule has 0 aromatic rings. The predicted molar refractivity (Wildman–Crippen MR) is 70.5 cm³/mol. The Hall–Kier alpha value is -0.560. The fraction of sp³-hybridized carbons (Fsp3) is 0.733. The molecule has 2 atom stereocenters. The van der Waals surface area contributed by atoms with Crippen LogP contribution in [0.3, 0.4) is 0 Å². The van der Waals surface area contributed by atoms with Gasteiger partial charge in [0, 0.05) is 6.61 Å². The summed E-state index contributed by atoms with van der Waals surface area (Å²) in [4.78, 5) is 0. The molecule has 0 radical (unpaired) electrons. The quantitative estimate of drug-likeness (QED) is 0.438. The summed E-state index contributed by atoms with van der Waals surface area (Å²) in [5.41, 5.74) is 0. The van der Waals surface area contributed by atoms with Crippen molar-refractivity contribution in [2.75, 3.05) is 13.2 Å². The molecule has 2 unspecified atom stereocenters. The lowest BCUT2D eigenvalue weighted by molar-refractivity contribution is 0.135. The van der Waals surface area contributed by atoms with E-state index >= 15 is 0 Å². The lowest BCUT2D eigenvalue weighted by Gasteiger charge is -2.03. The molecule has 0 N–H and O–H groups in total. The molecule has 1 fully saturated rings. The summed E-state index contributed by atoms with van der Waals surface area (Å²) >= 11 is 0. The molecule has 1 aliphatic carbocycles. The van der Waals surface area contributed by atoms with Crippen LogP contribution in [0.4, 0.5) is 0 Å². The maximum absolute atomic E-state index is 5.51. The van der Waals surface area contributed by atoms with E-state index in [1.54, 1.807) is 0 Å². The lowest BCUT2D eigenvalue weighted by Crippen LogP contribution is -1.95. The molecule has 0 aromatic carbocycles. The molecule has 1 rings (SSSR count). The Kier molecular flexibility index (Phi) is 7.24. The van der Waals surface area contributed by atoms with E-state index in [0.29, 0.717) is 0 Å². The second kappa shape index (κ2) is 8.58. The van der Waals surface area contributed by atoms with Crippen molar-refractivity contribution in [3.05, 3.63) is 24.8 Å². The normalized spacial score (nSPS) is 25.3. The number of hydrogen-bond acceptors (Lipinski definition) is 1. The molecule has 1 aliphatic rings. The van der Waals surface area contributed by atoms with Crippen LogP contribution in [0.15, 0.2) is 24.8 Å². The van der Waals surface area contributed by atoms with Crippen molar-refractivity contribution in [3.8, 4) is 0 Å². The predicted octanol–water partition coefficient (Wildman–Crippen LogP) is 4.35. The molecular weight excluding hydrogens is 196 g/mol. The van der Waals surface area contributed by atoms with E-state index in [2.05, 4.69) is 31.7 Å². The second-order valence-electron chi connectivity index (χ2n) is 4.75. The first kappa shape index (κ1) is 13.5. The standard InChI is InChI=1S/C15H26O/c1-3-5-11-16-12-7-6-8-15-10-9-14(4-2)13-15/h4,6,8,14-15H,2-3,5,7,9-13H2,1H3/b8-6-. The number of hydrogen-bond donors (Lipinski definition) is 0. The number of ether oxygens (including phenoxy) is 1. The smallest absolute Gasteiger partial charge is 0.0500 e. The van der Waals surface area contributed by atoms with Gasteiger partial charge in [-0.2, -0.15) is 0 Å². The van der Waals surface area contributed by atoms with Crippen LogP contribution in [0.2, 0.25) is 0 Å². The molecule has 1 heteroatoms. The highest BCUT2D eigenvalue weighted by Gasteiger charge is 2.19. The fourth-order valence-electron chi connectivity index (χ4n) is 2.23. The summed E-state index contributed by atoms with van der Waals surface area (Å²) in [6.45, 7) is 7.87. The van der Waals surface area contributed by atoms with Gasteiger partial charge >= 0.3 is 0 Å². The Morgan fingerprint density at radius 1 is 1.25 bits per heavy atom. The molecule has 1 nitrogen and oxygen atoms in total. The van der Waals surface area contributed by atoms with Crippen LogP contribution in [0.5, 0.6) is 0 Å². The molecule has 0 heterocycles. The fourth-order valence-corrected chi connectivity index (χ4v) is 2.23. The summed E-state index contributed by atoms with van der Waals surface area (Å²) in [7, 11) is 0. The topological polar surface area (TPSA) is 9.23 Å². The van der Waals surface area contributed by atoms with E-state index in [1.165, 1.54) is 32.1 Å². The van der Waals surface area contributed by atoms with Crippen molar-refractivity contribution >= 4 is 0 Å². The zero-order valence-electron chi connectivity index (χ0n) is 10.7. The maximum atomic E-state index is 5.51. The molecule has 0 aromatic heterocycles. The summed E-state index contributed by atoms with van der Waals surface area (Å²) in [5, 5.41) is 0. The van der Waals surface area contributed by atoms with Crippen LogP contribution in [-0.4, -0.2) is 13.2 Å². The van der Waals surface area contributed by atoms with Gasteiger partial charge in [-0.1, -0.05) is 31.6 Å². The minimum Gasteiger partial charge on any atom is -0.381 e. The van der Waals surface area contributed by atoms with Gasteiger partial charge in [0.25, 0.3) is 0 Å². The van der Waals surface area contributed by atoms with E-state index in [1.807, 2.05) is 0 Å². The Morgan fingerprint density at radius 2 is 2.06 bits per heavy atom. The van der Waals surface area contributed by atoms with Gasteiger partial charge in [0.05, 0.1) is 6.61 Å². The molecular formula is C15H26O. The van der Waals surface area contributed by atoms with E-state index in [0.717, 1.165) is 31.5 Å². The first-order valence-electron chi connectivity index (χ1n) is 6.73. The Bertz CT molecular complexity index is 207. The molecule has 0 aliphatic heterocycles. The monoisotopic (exact) mass is 222 g/mol. The van der Waals surface area contributed by atoms with E-state index in [-0.39, 0.29) is 0 Å². The summed E-state index contributed by atoms with van der Waals surface area (Å²) in [5.74, 6) is 1.55. The van der Waals surface area contributed by atoms with Gasteiger partial charge < -0.3 is 4.74 Å². The average Bonchev–Trinajstić information content (AvgIpc) is 2.76. The zero-order valence-corrected chi connectivity index (χ0v) is 10.7. The van der Waals surface area contributed by atoms with Crippen LogP contribution in [0.1, 0.15) is 45.4 Å². The summed E-state index contributed by atoms with van der Waals surface area (Å²) in [6, 6.07) is 0. The van der Waals surface area contributed by atoms with E-state index < -0.39 is 0 Å². The maximum Gasteiger partial charge on any atom is 0.0500 e. The first-order valence-corrected chi connectivity index (χ1v) is 6.73. The lowest BCUT2D eigenvalue weighted by atomic mass is 10.0. The Morgan fingerprint density at radius 3 is 2.75 bits per heavy atom. The van der Waals surface area contributed by atoms with Gasteiger partial charge in [0.1, 0.15) is 0 Å². The highest BCUT2D eigenvalue weighted by atomic mass is 16.5. The highest BCUT2D eigenvalue weighted by molar-refractivity contribution is 4.96. The third-order valence-electron chi connectivity index (χ3n) is 3.33. The van der Waals surface area contributed by atoms with Gasteiger partial charge in [-0.05, 0) is 43.9 Å². The van der Waals surface area contributed by atoms with Gasteiger partial charge in [0.15, 0.2) is 0 Å². The summed E-state index contributed by atoms with van der Waals surface area (Å²) in [6.07, 6.45) is 14.2. The average molecular weight is 222 g/mol. The summed E-state index contributed by atoms with van der Waals surface area (Å²) < 4.78 is 5.51. The molecule has 0 amide bonds. The SMILES string of the molecule is C=CC1CCC(/C=C\CCOCCCC)C1. The van der Waals surface area contributed by atoms with Crippen molar-refractivity contribution in [1.82, 2.24) is 0 Å². The van der Waals surface area contributed by atoms with Crippen molar-refractivity contribution in [1.29, 1.82) is 0 Å². The number of allylic oxidation sites excluding steroid dienone is 2. The number of rotatable bonds is 8. The van der Waals surface area contributed by atoms with Gasteiger partial charge in [-0.3, -0.25) is 0 Å². The molecule has 0 spiro atoms. The first-order chi connectivity index (χ1) is 7.86. The second-order valence-corrected chi connectivity index (χ2v) is 4.75. The third-order valence-corrected chi connectivity index (χ3v) is 3.33. The largest absolute Gasteiger partial charge is 0.381 e. The van der Waals surface area contributed by atoms with E-state index in [9.17, 15) is 0 Å².